The van der Waals surface area contributed by atoms with Crippen LogP contribution in [0.25, 0.3) is 0 Å². The molecule has 94 valence electrons. The molecule has 0 aliphatic carbocycles. The van der Waals surface area contributed by atoms with Crippen LogP contribution in [0.2, 0.25) is 5.02 Å². The van der Waals surface area contributed by atoms with Crippen molar-refractivity contribution in [1.82, 2.24) is 9.97 Å². The van der Waals surface area contributed by atoms with Crippen LogP contribution in [0.1, 0.15) is 0 Å². The minimum absolute atomic E-state index is 0.325. The van der Waals surface area contributed by atoms with E-state index in [0.717, 1.165) is 10.2 Å². The standard InChI is InChI=1S/C11H10BrClN4O/c1-18-11-9(14)10(15-5-16-11)17-7-4-2-3-6(13)8(7)12/h2-5H,14H2,1H3,(H,15,16,17). The molecule has 1 heterocycles. The summed E-state index contributed by atoms with van der Waals surface area (Å²) in [5, 5.41) is 3.67. The number of nitrogens with one attached hydrogen (secondary N) is 1. The van der Waals surface area contributed by atoms with E-state index in [2.05, 4.69) is 31.2 Å². The number of nitrogen functional groups attached to an aromatic ring is 1. The maximum absolute atomic E-state index is 6.00. The van der Waals surface area contributed by atoms with E-state index < -0.39 is 0 Å². The van der Waals surface area contributed by atoms with Crippen molar-refractivity contribution in [3.8, 4) is 5.88 Å². The van der Waals surface area contributed by atoms with Crippen molar-refractivity contribution in [2.75, 3.05) is 18.2 Å². The van der Waals surface area contributed by atoms with E-state index in [9.17, 15) is 0 Å². The molecule has 1 aromatic carbocycles. The minimum atomic E-state index is 0.325. The molecule has 0 bridgehead atoms. The number of rotatable bonds is 3. The van der Waals surface area contributed by atoms with Gasteiger partial charge in [0, 0.05) is 0 Å². The Morgan fingerprint density at radius 2 is 2.17 bits per heavy atom. The second-order valence-electron chi connectivity index (χ2n) is 3.37. The molecule has 0 spiro atoms. The van der Waals surface area contributed by atoms with E-state index in [4.69, 9.17) is 22.1 Å². The van der Waals surface area contributed by atoms with Crippen molar-refractivity contribution in [1.29, 1.82) is 0 Å². The first-order valence-electron chi connectivity index (χ1n) is 4.99. The number of anilines is 3. The van der Waals surface area contributed by atoms with Crippen LogP contribution in [0.15, 0.2) is 29.0 Å². The summed E-state index contributed by atoms with van der Waals surface area (Å²) in [6, 6.07) is 5.45. The van der Waals surface area contributed by atoms with Gasteiger partial charge in [0.1, 0.15) is 12.0 Å². The maximum Gasteiger partial charge on any atom is 0.242 e. The molecule has 0 unspecified atom stereocenters. The van der Waals surface area contributed by atoms with Gasteiger partial charge in [0.25, 0.3) is 0 Å². The lowest BCUT2D eigenvalue weighted by atomic mass is 10.3. The average Bonchev–Trinajstić information content (AvgIpc) is 2.37. The maximum atomic E-state index is 6.00. The van der Waals surface area contributed by atoms with Crippen LogP contribution in [0.5, 0.6) is 5.88 Å². The molecule has 2 rings (SSSR count). The van der Waals surface area contributed by atoms with Gasteiger partial charge in [-0.2, -0.15) is 4.98 Å². The normalized spacial score (nSPS) is 10.2. The molecule has 3 N–H and O–H groups in total. The Hall–Kier alpha value is -1.53. The third-order valence-corrected chi connectivity index (χ3v) is 3.64. The molecular formula is C11H10BrClN4O. The van der Waals surface area contributed by atoms with Crippen LogP contribution < -0.4 is 15.8 Å². The number of aromatic nitrogens is 2. The molecule has 0 fully saturated rings. The zero-order valence-corrected chi connectivity index (χ0v) is 11.8. The van der Waals surface area contributed by atoms with Gasteiger partial charge in [0.2, 0.25) is 5.88 Å². The number of halogens is 2. The lowest BCUT2D eigenvalue weighted by molar-refractivity contribution is 0.399. The molecule has 18 heavy (non-hydrogen) atoms. The van der Waals surface area contributed by atoms with Gasteiger partial charge >= 0.3 is 0 Å². The van der Waals surface area contributed by atoms with Gasteiger partial charge in [0.15, 0.2) is 5.82 Å². The van der Waals surface area contributed by atoms with Crippen LogP contribution >= 0.6 is 27.5 Å². The second kappa shape index (κ2) is 5.41. The van der Waals surface area contributed by atoms with E-state index in [0.29, 0.717) is 22.4 Å². The van der Waals surface area contributed by atoms with Crippen LogP contribution in [-0.2, 0) is 0 Å². The van der Waals surface area contributed by atoms with Gasteiger partial charge in [-0.25, -0.2) is 4.98 Å². The first-order valence-corrected chi connectivity index (χ1v) is 6.16. The monoisotopic (exact) mass is 328 g/mol. The van der Waals surface area contributed by atoms with E-state index in [1.807, 2.05) is 12.1 Å². The average molecular weight is 330 g/mol. The highest BCUT2D eigenvalue weighted by atomic mass is 79.9. The van der Waals surface area contributed by atoms with E-state index >= 15 is 0 Å². The van der Waals surface area contributed by atoms with Crippen molar-refractivity contribution < 1.29 is 4.74 Å². The topological polar surface area (TPSA) is 73.1 Å². The summed E-state index contributed by atoms with van der Waals surface area (Å²) in [4.78, 5) is 7.96. The number of ether oxygens (including phenoxy) is 1. The number of methoxy groups -OCH3 is 1. The number of nitrogens with zero attached hydrogens (tertiary/aromatic N) is 2. The van der Waals surface area contributed by atoms with Crippen molar-refractivity contribution in [2.45, 2.75) is 0 Å². The number of benzene rings is 1. The Bertz CT molecular complexity index is 579. The Balaban J connectivity index is 2.37. The Kier molecular flexibility index (Phi) is 3.88. The van der Waals surface area contributed by atoms with Crippen molar-refractivity contribution in [3.05, 3.63) is 34.0 Å². The summed E-state index contributed by atoms with van der Waals surface area (Å²) in [6.07, 6.45) is 1.37. The number of hydrogen-bond acceptors (Lipinski definition) is 5. The van der Waals surface area contributed by atoms with E-state index in [1.165, 1.54) is 13.4 Å². The fourth-order valence-corrected chi connectivity index (χ4v) is 1.91. The summed E-state index contributed by atoms with van der Waals surface area (Å²) in [7, 11) is 1.50. The van der Waals surface area contributed by atoms with Gasteiger partial charge in [0.05, 0.1) is 22.3 Å². The molecule has 0 radical (unpaired) electrons. The van der Waals surface area contributed by atoms with Gasteiger partial charge in [-0.15, -0.1) is 0 Å². The van der Waals surface area contributed by atoms with Crippen LogP contribution in [-0.4, -0.2) is 17.1 Å². The summed E-state index contributed by atoms with van der Waals surface area (Å²) < 4.78 is 5.76. The molecule has 0 aliphatic heterocycles. The van der Waals surface area contributed by atoms with Crippen LogP contribution in [0, 0.1) is 0 Å². The molecule has 2 aromatic rings. The van der Waals surface area contributed by atoms with Gasteiger partial charge in [-0.05, 0) is 28.1 Å². The third kappa shape index (κ3) is 2.49. The fraction of sp³-hybridized carbons (Fsp3) is 0.0909. The molecular weight excluding hydrogens is 320 g/mol. The summed E-state index contributed by atoms with van der Waals surface area (Å²) in [5.41, 5.74) is 6.97. The largest absolute Gasteiger partial charge is 0.479 e. The number of nitrogens with two attached hydrogens (primary N) is 1. The zero-order chi connectivity index (χ0) is 13.1. The van der Waals surface area contributed by atoms with E-state index in [1.54, 1.807) is 6.07 Å². The first-order chi connectivity index (χ1) is 8.63. The quantitative estimate of drug-likeness (QED) is 0.904. The molecule has 0 saturated carbocycles. The van der Waals surface area contributed by atoms with Crippen LogP contribution in [0.4, 0.5) is 17.2 Å². The molecule has 0 atom stereocenters. The van der Waals surface area contributed by atoms with Crippen molar-refractivity contribution in [2.24, 2.45) is 0 Å². The fourth-order valence-electron chi connectivity index (χ4n) is 1.37. The van der Waals surface area contributed by atoms with Gasteiger partial charge in [-0.1, -0.05) is 17.7 Å². The summed E-state index contributed by atoms with van der Waals surface area (Å²) in [6.45, 7) is 0. The molecule has 1 aromatic heterocycles. The zero-order valence-electron chi connectivity index (χ0n) is 9.45. The molecule has 7 heteroatoms. The SMILES string of the molecule is COc1ncnc(Nc2cccc(Cl)c2Br)c1N. The summed E-state index contributed by atoms with van der Waals surface area (Å²) in [5.74, 6) is 0.787. The molecule has 0 amide bonds. The lowest BCUT2D eigenvalue weighted by Crippen LogP contribution is -2.03. The second-order valence-corrected chi connectivity index (χ2v) is 4.57. The Labute approximate surface area is 117 Å². The Morgan fingerprint density at radius 1 is 1.39 bits per heavy atom. The highest BCUT2D eigenvalue weighted by Gasteiger charge is 2.10. The first kappa shape index (κ1) is 12.9. The van der Waals surface area contributed by atoms with Crippen LogP contribution in [0.3, 0.4) is 0 Å². The third-order valence-electron chi connectivity index (χ3n) is 2.25. The highest BCUT2D eigenvalue weighted by molar-refractivity contribution is 9.10. The molecule has 5 nitrogen and oxygen atoms in total. The molecule has 0 aliphatic rings. The minimum Gasteiger partial charge on any atom is -0.479 e. The summed E-state index contributed by atoms with van der Waals surface area (Å²) >= 11 is 9.39. The van der Waals surface area contributed by atoms with E-state index in [-0.39, 0.29) is 0 Å². The predicted octanol–water partition coefficient (Wildman–Crippen LogP) is 3.23. The van der Waals surface area contributed by atoms with Crippen molar-refractivity contribution >= 4 is 44.7 Å². The van der Waals surface area contributed by atoms with Gasteiger partial charge in [-0.3, -0.25) is 0 Å². The lowest BCUT2D eigenvalue weighted by Gasteiger charge is -2.11. The number of hydrogen-bond donors (Lipinski definition) is 2. The van der Waals surface area contributed by atoms with Crippen molar-refractivity contribution in [3.63, 3.8) is 0 Å². The smallest absolute Gasteiger partial charge is 0.242 e. The van der Waals surface area contributed by atoms with Gasteiger partial charge < -0.3 is 15.8 Å². The molecule has 0 saturated heterocycles. The predicted molar refractivity (Wildman–Crippen MR) is 75.4 cm³/mol. The Morgan fingerprint density at radius 3 is 2.89 bits per heavy atom. The highest BCUT2D eigenvalue weighted by Crippen LogP contribution is 2.34.